The van der Waals surface area contributed by atoms with Crippen molar-refractivity contribution >= 4 is 35.2 Å². The molecule has 0 bridgehead atoms. The highest BCUT2D eigenvalue weighted by Crippen LogP contribution is 2.32. The summed E-state index contributed by atoms with van der Waals surface area (Å²) in [4.78, 5) is 38.3. The minimum absolute atomic E-state index is 0.0390. The van der Waals surface area contributed by atoms with Gasteiger partial charge in [-0.25, -0.2) is 4.79 Å². The number of hydrogen-bond acceptors (Lipinski definition) is 5. The van der Waals surface area contributed by atoms with Gasteiger partial charge in [-0.05, 0) is 73.7 Å². The Hall–Kier alpha value is -5.33. The van der Waals surface area contributed by atoms with Crippen LogP contribution in [-0.4, -0.2) is 24.4 Å². The monoisotopic (exact) mass is 616 g/mol. The van der Waals surface area contributed by atoms with Crippen molar-refractivity contribution in [3.8, 4) is 11.3 Å². The molecule has 0 aliphatic rings. The van der Waals surface area contributed by atoms with Crippen molar-refractivity contribution in [1.82, 2.24) is 0 Å². The summed E-state index contributed by atoms with van der Waals surface area (Å²) in [6.07, 6.45) is -8.43. The van der Waals surface area contributed by atoms with Gasteiger partial charge in [-0.1, -0.05) is 24.3 Å². The fourth-order valence-electron chi connectivity index (χ4n) is 3.89. The van der Waals surface area contributed by atoms with Crippen LogP contribution in [0.4, 0.5) is 37.7 Å². The van der Waals surface area contributed by atoms with Gasteiger partial charge < -0.3 is 19.8 Å². The van der Waals surface area contributed by atoms with Gasteiger partial charge in [0.2, 0.25) is 0 Å². The Bertz CT molecular complexity index is 1630. The van der Waals surface area contributed by atoms with Crippen LogP contribution in [0.15, 0.2) is 94.9 Å². The number of halogens is 6. The molecule has 44 heavy (non-hydrogen) atoms. The van der Waals surface area contributed by atoms with Crippen molar-refractivity contribution in [3.05, 3.63) is 113 Å². The molecule has 0 atom stereocenters. The van der Waals surface area contributed by atoms with Crippen LogP contribution < -0.4 is 10.6 Å². The quantitative estimate of drug-likeness (QED) is 0.0692. The van der Waals surface area contributed by atoms with Crippen molar-refractivity contribution in [2.75, 3.05) is 17.2 Å². The van der Waals surface area contributed by atoms with Gasteiger partial charge in [-0.3, -0.25) is 9.59 Å². The molecule has 13 heteroatoms. The zero-order valence-corrected chi connectivity index (χ0v) is 22.7. The first-order valence-corrected chi connectivity index (χ1v) is 12.8. The second-order valence-corrected chi connectivity index (χ2v) is 9.12. The number of carbonyl (C=O) groups excluding carboxylic acids is 3. The number of nitrogens with one attached hydrogen (secondary N) is 2. The van der Waals surface area contributed by atoms with Gasteiger partial charge in [0.25, 0.3) is 11.8 Å². The van der Waals surface area contributed by atoms with Gasteiger partial charge in [0, 0.05) is 16.9 Å². The summed E-state index contributed by atoms with van der Waals surface area (Å²) >= 11 is 0. The molecule has 1 aromatic heterocycles. The smallest absolute Gasteiger partial charge is 0.416 e. The predicted octanol–water partition coefficient (Wildman–Crippen LogP) is 7.82. The largest absolute Gasteiger partial charge is 0.462 e. The first kappa shape index (κ1) is 31.6. The standard InChI is InChI=1S/C31H22F6N2O5/c1-2-43-29(42)19-11-9-18(10-12-19)26-14-13-24(44-26)17-25(27(40)38-22-7-3-5-20(15-22)30(32,33)34)28(41)39-23-8-4-6-21(16-23)31(35,36)37/h3-17H,2H2,1H3,(H,38,40)(H,39,41). The molecule has 3 aromatic carbocycles. The molecule has 2 N–H and O–H groups in total. The number of furan rings is 1. The molecule has 0 radical (unpaired) electrons. The molecule has 0 aliphatic heterocycles. The van der Waals surface area contributed by atoms with Gasteiger partial charge in [-0.15, -0.1) is 0 Å². The van der Waals surface area contributed by atoms with Gasteiger partial charge in [0.15, 0.2) is 0 Å². The lowest BCUT2D eigenvalue weighted by molar-refractivity contribution is -0.138. The van der Waals surface area contributed by atoms with Gasteiger partial charge in [-0.2, -0.15) is 26.3 Å². The molecule has 0 saturated carbocycles. The van der Waals surface area contributed by atoms with Crippen LogP contribution in [0.1, 0.15) is 34.2 Å². The number of anilines is 2. The number of esters is 1. The maximum atomic E-state index is 13.2. The maximum Gasteiger partial charge on any atom is 0.416 e. The summed E-state index contributed by atoms with van der Waals surface area (Å²) in [5, 5.41) is 4.42. The Balaban J connectivity index is 1.65. The third-order valence-electron chi connectivity index (χ3n) is 5.98. The summed E-state index contributed by atoms with van der Waals surface area (Å²) in [7, 11) is 0. The Morgan fingerprint density at radius 3 is 1.75 bits per heavy atom. The molecule has 0 fully saturated rings. The van der Waals surface area contributed by atoms with Crippen molar-refractivity contribution < 1.29 is 49.9 Å². The van der Waals surface area contributed by atoms with Crippen LogP contribution in [0.2, 0.25) is 0 Å². The predicted molar refractivity (Wildman–Crippen MR) is 148 cm³/mol. The number of rotatable bonds is 8. The first-order chi connectivity index (χ1) is 20.7. The van der Waals surface area contributed by atoms with Crippen molar-refractivity contribution in [3.63, 3.8) is 0 Å². The van der Waals surface area contributed by atoms with Crippen molar-refractivity contribution in [2.24, 2.45) is 0 Å². The van der Waals surface area contributed by atoms with Gasteiger partial charge in [0.1, 0.15) is 17.1 Å². The maximum absolute atomic E-state index is 13.2. The Morgan fingerprint density at radius 1 is 0.750 bits per heavy atom. The molecule has 4 rings (SSSR count). The molecule has 0 saturated heterocycles. The third kappa shape index (κ3) is 7.94. The van der Waals surface area contributed by atoms with Crippen LogP contribution >= 0.6 is 0 Å². The highest BCUT2D eigenvalue weighted by atomic mass is 19.4. The fraction of sp³-hybridized carbons (Fsp3) is 0.129. The lowest BCUT2D eigenvalue weighted by atomic mass is 10.1. The minimum Gasteiger partial charge on any atom is -0.462 e. The first-order valence-electron chi connectivity index (χ1n) is 12.8. The second-order valence-electron chi connectivity index (χ2n) is 9.12. The Morgan fingerprint density at radius 2 is 1.27 bits per heavy atom. The summed E-state index contributed by atoms with van der Waals surface area (Å²) in [6, 6.07) is 16.4. The van der Waals surface area contributed by atoms with E-state index in [2.05, 4.69) is 10.6 Å². The summed E-state index contributed by atoms with van der Waals surface area (Å²) in [6.45, 7) is 1.86. The van der Waals surface area contributed by atoms with E-state index < -0.39 is 46.8 Å². The van der Waals surface area contributed by atoms with E-state index in [0.29, 0.717) is 23.3 Å². The highest BCUT2D eigenvalue weighted by Gasteiger charge is 2.32. The van der Waals surface area contributed by atoms with Gasteiger partial charge in [0.05, 0.1) is 23.3 Å². The van der Waals surface area contributed by atoms with E-state index in [4.69, 9.17) is 9.15 Å². The normalized spacial score (nSPS) is 11.4. The number of amides is 2. The van der Waals surface area contributed by atoms with Crippen LogP contribution in [0.25, 0.3) is 17.4 Å². The lowest BCUT2D eigenvalue weighted by Crippen LogP contribution is -2.25. The van der Waals surface area contributed by atoms with E-state index in [1.807, 2.05) is 0 Å². The van der Waals surface area contributed by atoms with Crippen LogP contribution in [-0.2, 0) is 26.7 Å². The molecule has 2 amide bonds. The zero-order valence-electron chi connectivity index (χ0n) is 22.7. The molecule has 228 valence electrons. The molecule has 0 aliphatic carbocycles. The minimum atomic E-state index is -4.71. The van der Waals surface area contributed by atoms with E-state index in [1.165, 1.54) is 36.4 Å². The Kier molecular flexibility index (Phi) is 9.26. The van der Waals surface area contributed by atoms with Crippen LogP contribution in [0.5, 0.6) is 0 Å². The average molecular weight is 617 g/mol. The molecule has 0 spiro atoms. The van der Waals surface area contributed by atoms with Crippen molar-refractivity contribution in [2.45, 2.75) is 19.3 Å². The number of hydrogen-bond donors (Lipinski definition) is 2. The summed E-state index contributed by atoms with van der Waals surface area (Å²) < 4.78 is 89.7. The van der Waals surface area contributed by atoms with E-state index in [0.717, 1.165) is 30.3 Å². The fourth-order valence-corrected chi connectivity index (χ4v) is 3.89. The third-order valence-corrected chi connectivity index (χ3v) is 5.98. The number of ether oxygens (including phenoxy) is 1. The lowest BCUT2D eigenvalue weighted by Gasteiger charge is -2.13. The Labute approximate surface area is 246 Å². The van der Waals surface area contributed by atoms with E-state index in [-0.39, 0.29) is 29.5 Å². The van der Waals surface area contributed by atoms with Crippen LogP contribution in [0, 0.1) is 0 Å². The second kappa shape index (κ2) is 12.9. The topological polar surface area (TPSA) is 97.6 Å². The number of carbonyl (C=O) groups is 3. The number of alkyl halides is 6. The molecule has 4 aromatic rings. The zero-order chi connectivity index (χ0) is 32.1. The molecule has 1 heterocycles. The van der Waals surface area contributed by atoms with Gasteiger partial charge >= 0.3 is 18.3 Å². The average Bonchev–Trinajstić information content (AvgIpc) is 3.44. The number of benzene rings is 3. The molecule has 7 nitrogen and oxygen atoms in total. The molecular formula is C31H22F6N2O5. The van der Waals surface area contributed by atoms with E-state index in [9.17, 15) is 40.7 Å². The summed E-state index contributed by atoms with van der Waals surface area (Å²) in [5.74, 6) is -2.62. The summed E-state index contributed by atoms with van der Waals surface area (Å²) in [5.41, 5.74) is -2.56. The van der Waals surface area contributed by atoms with Crippen LogP contribution in [0.3, 0.4) is 0 Å². The molecular weight excluding hydrogens is 594 g/mol. The van der Waals surface area contributed by atoms with E-state index >= 15 is 0 Å². The SMILES string of the molecule is CCOC(=O)c1ccc(-c2ccc(C=C(C(=O)Nc3cccc(C(F)(F)F)c3)C(=O)Nc3cccc(C(F)(F)F)c3)o2)cc1. The van der Waals surface area contributed by atoms with Crippen molar-refractivity contribution in [1.29, 1.82) is 0 Å². The molecule has 0 unspecified atom stereocenters. The van der Waals surface area contributed by atoms with E-state index in [1.54, 1.807) is 19.1 Å². The highest BCUT2D eigenvalue weighted by molar-refractivity contribution is 6.28.